The molecule has 0 radical (unpaired) electrons. The van der Waals surface area contributed by atoms with Crippen LogP contribution in [0.2, 0.25) is 0 Å². The Balaban J connectivity index is 1.33. The van der Waals surface area contributed by atoms with Crippen molar-refractivity contribution in [3.8, 4) is 11.3 Å². The number of hydrogen-bond acceptors (Lipinski definition) is 5. The number of rotatable bonds is 4. The molecular formula is C22H24N4O3S. The third-order valence-electron chi connectivity index (χ3n) is 5.90. The summed E-state index contributed by atoms with van der Waals surface area (Å²) < 4.78 is 7.21. The molecule has 0 unspecified atom stereocenters. The molecular weight excluding hydrogens is 400 g/mol. The lowest BCUT2D eigenvalue weighted by Crippen LogP contribution is -2.41. The Bertz CT molecular complexity index is 1060. The second-order valence-corrected chi connectivity index (χ2v) is 8.69. The summed E-state index contributed by atoms with van der Waals surface area (Å²) in [5, 5.41) is 4.89. The van der Waals surface area contributed by atoms with Gasteiger partial charge in [0.25, 0.3) is 5.91 Å². The number of amides is 2. The maximum atomic E-state index is 12.9. The summed E-state index contributed by atoms with van der Waals surface area (Å²) in [5.74, 6) is 0.277. The quantitative estimate of drug-likeness (QED) is 0.693. The predicted molar refractivity (Wildman–Crippen MR) is 116 cm³/mol. The van der Waals surface area contributed by atoms with Crippen LogP contribution in [0.1, 0.15) is 36.2 Å². The Morgan fingerprint density at radius 1 is 1.10 bits per heavy atom. The molecule has 2 amide bonds. The van der Waals surface area contributed by atoms with E-state index < -0.39 is 0 Å². The molecule has 2 fully saturated rings. The van der Waals surface area contributed by atoms with Crippen LogP contribution in [0.4, 0.5) is 5.69 Å². The van der Waals surface area contributed by atoms with Crippen LogP contribution in [0.15, 0.2) is 35.8 Å². The van der Waals surface area contributed by atoms with Gasteiger partial charge >= 0.3 is 0 Å². The molecule has 3 aromatic rings. The smallest absolute Gasteiger partial charge is 0.271 e. The SMILES string of the molecule is O=C(Nc1ccc(-c2cn3c(C(=O)N4CCOCC4)csc3n2)cc1)C1CCCC1. The van der Waals surface area contributed by atoms with Crippen molar-refractivity contribution >= 4 is 33.8 Å². The van der Waals surface area contributed by atoms with E-state index in [-0.39, 0.29) is 17.7 Å². The fraction of sp³-hybridized carbons (Fsp3) is 0.409. The van der Waals surface area contributed by atoms with E-state index in [2.05, 4.69) is 10.3 Å². The number of ether oxygens (including phenoxy) is 1. The number of nitrogens with zero attached hydrogens (tertiary/aromatic N) is 3. The summed E-state index contributed by atoms with van der Waals surface area (Å²) in [6, 6.07) is 7.74. The van der Waals surface area contributed by atoms with Crippen molar-refractivity contribution in [1.29, 1.82) is 0 Å². The second kappa shape index (κ2) is 8.20. The van der Waals surface area contributed by atoms with E-state index >= 15 is 0 Å². The zero-order valence-electron chi connectivity index (χ0n) is 16.7. The van der Waals surface area contributed by atoms with E-state index in [9.17, 15) is 9.59 Å². The van der Waals surface area contributed by atoms with Crippen LogP contribution in [-0.4, -0.2) is 52.4 Å². The molecule has 0 atom stereocenters. The van der Waals surface area contributed by atoms with E-state index in [4.69, 9.17) is 4.74 Å². The van der Waals surface area contributed by atoms with Crippen LogP contribution in [-0.2, 0) is 9.53 Å². The number of aromatic nitrogens is 2. The molecule has 1 saturated carbocycles. The molecule has 1 aliphatic carbocycles. The Morgan fingerprint density at radius 3 is 2.57 bits per heavy atom. The molecule has 1 aromatic carbocycles. The maximum Gasteiger partial charge on any atom is 0.271 e. The fourth-order valence-corrected chi connectivity index (χ4v) is 5.01. The number of fused-ring (bicyclic) bond motifs is 1. The molecule has 0 bridgehead atoms. The molecule has 2 aliphatic rings. The van der Waals surface area contributed by atoms with Crippen molar-refractivity contribution in [2.24, 2.45) is 5.92 Å². The Kier molecular flexibility index (Phi) is 5.26. The summed E-state index contributed by atoms with van der Waals surface area (Å²) >= 11 is 1.46. The standard InChI is InChI=1S/C22H24N4O3S/c27-20(16-3-1-2-4-16)23-17-7-5-15(6-8-17)18-13-26-19(14-30-22(26)24-18)21(28)25-9-11-29-12-10-25/h5-8,13-14,16H,1-4,9-12H2,(H,23,27). The lowest BCUT2D eigenvalue weighted by atomic mass is 10.1. The van der Waals surface area contributed by atoms with Gasteiger partial charge in [-0.1, -0.05) is 25.0 Å². The summed E-state index contributed by atoms with van der Waals surface area (Å²) in [6.45, 7) is 2.40. The van der Waals surface area contributed by atoms with Gasteiger partial charge in [0, 0.05) is 41.8 Å². The summed E-state index contributed by atoms with van der Waals surface area (Å²) in [6.07, 6.45) is 6.17. The molecule has 0 spiro atoms. The van der Waals surface area contributed by atoms with Crippen LogP contribution in [0.25, 0.3) is 16.2 Å². The highest BCUT2D eigenvalue weighted by molar-refractivity contribution is 7.15. The molecule has 3 heterocycles. The predicted octanol–water partition coefficient (Wildman–Crippen LogP) is 3.66. The number of carbonyl (C=O) groups excluding carboxylic acids is 2. The lowest BCUT2D eigenvalue weighted by Gasteiger charge is -2.26. The van der Waals surface area contributed by atoms with Crippen molar-refractivity contribution in [1.82, 2.24) is 14.3 Å². The largest absolute Gasteiger partial charge is 0.378 e. The zero-order chi connectivity index (χ0) is 20.5. The molecule has 156 valence electrons. The first-order valence-electron chi connectivity index (χ1n) is 10.4. The third kappa shape index (κ3) is 3.73. The van der Waals surface area contributed by atoms with Gasteiger partial charge in [-0.05, 0) is 25.0 Å². The maximum absolute atomic E-state index is 12.9. The second-order valence-electron chi connectivity index (χ2n) is 7.85. The van der Waals surface area contributed by atoms with Gasteiger partial charge in [-0.15, -0.1) is 11.3 Å². The Labute approximate surface area is 178 Å². The van der Waals surface area contributed by atoms with E-state index in [1.54, 1.807) is 0 Å². The number of imidazole rings is 1. The van der Waals surface area contributed by atoms with Gasteiger partial charge in [0.2, 0.25) is 5.91 Å². The van der Waals surface area contributed by atoms with E-state index in [0.717, 1.165) is 47.6 Å². The average Bonchev–Trinajstić information content (AvgIpc) is 3.52. The Morgan fingerprint density at radius 2 is 1.83 bits per heavy atom. The number of anilines is 1. The first-order valence-corrected chi connectivity index (χ1v) is 11.3. The highest BCUT2D eigenvalue weighted by Gasteiger charge is 2.24. The molecule has 5 rings (SSSR count). The van der Waals surface area contributed by atoms with Crippen LogP contribution in [0.3, 0.4) is 0 Å². The average molecular weight is 425 g/mol. The molecule has 30 heavy (non-hydrogen) atoms. The molecule has 7 nitrogen and oxygen atoms in total. The number of morpholine rings is 1. The number of carbonyl (C=O) groups is 2. The van der Waals surface area contributed by atoms with Crippen LogP contribution in [0.5, 0.6) is 0 Å². The zero-order valence-corrected chi connectivity index (χ0v) is 17.5. The van der Waals surface area contributed by atoms with Crippen molar-refractivity contribution in [3.63, 3.8) is 0 Å². The van der Waals surface area contributed by atoms with Crippen LogP contribution in [0, 0.1) is 5.92 Å². The van der Waals surface area contributed by atoms with Crippen LogP contribution >= 0.6 is 11.3 Å². The molecule has 8 heteroatoms. The molecule has 1 N–H and O–H groups in total. The van der Waals surface area contributed by atoms with Gasteiger partial charge in [-0.3, -0.25) is 14.0 Å². The van der Waals surface area contributed by atoms with Gasteiger partial charge in [0.1, 0.15) is 5.69 Å². The number of thiazole rings is 1. The minimum atomic E-state index is 0.0125. The summed E-state index contributed by atoms with van der Waals surface area (Å²) in [4.78, 5) is 32.5. The van der Waals surface area contributed by atoms with Gasteiger partial charge in [-0.25, -0.2) is 4.98 Å². The number of benzene rings is 1. The van der Waals surface area contributed by atoms with Crippen LogP contribution < -0.4 is 5.32 Å². The molecule has 1 saturated heterocycles. The fourth-order valence-electron chi connectivity index (χ4n) is 4.16. The van der Waals surface area contributed by atoms with Gasteiger partial charge in [0.05, 0.1) is 18.9 Å². The highest BCUT2D eigenvalue weighted by atomic mass is 32.1. The van der Waals surface area contributed by atoms with Crippen molar-refractivity contribution in [3.05, 3.63) is 41.5 Å². The summed E-state index contributed by atoms with van der Waals surface area (Å²) in [5.41, 5.74) is 3.21. The molecule has 2 aromatic heterocycles. The van der Waals surface area contributed by atoms with Crippen molar-refractivity contribution in [2.45, 2.75) is 25.7 Å². The molecule has 1 aliphatic heterocycles. The van der Waals surface area contributed by atoms with Crippen molar-refractivity contribution in [2.75, 3.05) is 31.6 Å². The summed E-state index contributed by atoms with van der Waals surface area (Å²) in [7, 11) is 0. The Hall–Kier alpha value is -2.71. The number of hydrogen-bond donors (Lipinski definition) is 1. The van der Waals surface area contributed by atoms with E-state index in [1.165, 1.54) is 11.3 Å². The normalized spacial score (nSPS) is 17.5. The van der Waals surface area contributed by atoms with E-state index in [0.29, 0.717) is 32.0 Å². The van der Waals surface area contributed by atoms with Gasteiger partial charge < -0.3 is 15.0 Å². The first-order chi connectivity index (χ1) is 14.7. The minimum absolute atomic E-state index is 0.0125. The van der Waals surface area contributed by atoms with Gasteiger partial charge in [-0.2, -0.15) is 0 Å². The topological polar surface area (TPSA) is 75.9 Å². The minimum Gasteiger partial charge on any atom is -0.378 e. The van der Waals surface area contributed by atoms with Crippen molar-refractivity contribution < 1.29 is 14.3 Å². The van der Waals surface area contributed by atoms with Gasteiger partial charge in [0.15, 0.2) is 4.96 Å². The lowest BCUT2D eigenvalue weighted by molar-refractivity contribution is -0.119. The monoisotopic (exact) mass is 424 g/mol. The third-order valence-corrected chi connectivity index (χ3v) is 6.74. The van der Waals surface area contributed by atoms with E-state index in [1.807, 2.05) is 45.1 Å². The number of nitrogens with one attached hydrogen (secondary N) is 1. The highest BCUT2D eigenvalue weighted by Crippen LogP contribution is 2.28. The first kappa shape index (κ1) is 19.3.